The van der Waals surface area contributed by atoms with E-state index in [0.717, 1.165) is 15.7 Å². The molecule has 2 aromatic rings. The van der Waals surface area contributed by atoms with Gasteiger partial charge in [-0.1, -0.05) is 48.3 Å². The molecule has 1 unspecified atom stereocenters. The third kappa shape index (κ3) is 5.55. The molecule has 10 nitrogen and oxygen atoms in total. The first kappa shape index (κ1) is 25.2. The molecule has 0 saturated carbocycles. The van der Waals surface area contributed by atoms with E-state index in [4.69, 9.17) is 15.2 Å². The molecule has 2 fully saturated rings. The number of nitrogens with one attached hydrogen (secondary N) is 2. The molecule has 33 heavy (non-hydrogen) atoms. The van der Waals surface area contributed by atoms with Crippen LogP contribution in [0.3, 0.4) is 0 Å². The zero-order valence-electron chi connectivity index (χ0n) is 19.0. The first-order chi connectivity index (χ1) is 15.8. The zero-order valence-corrected chi connectivity index (χ0v) is 20.6. The van der Waals surface area contributed by atoms with Crippen LogP contribution in [-0.4, -0.2) is 66.1 Å². The van der Waals surface area contributed by atoms with E-state index < -0.39 is 23.5 Å². The molecule has 2 amide bonds. The first-order valence-electron chi connectivity index (χ1n) is 10.8. The number of hydrogen-bond acceptors (Lipinski definition) is 7. The van der Waals surface area contributed by atoms with Crippen molar-refractivity contribution in [2.45, 2.75) is 38.1 Å². The molecule has 4 N–H and O–H groups in total. The van der Waals surface area contributed by atoms with Crippen molar-refractivity contribution in [1.29, 1.82) is 0 Å². The van der Waals surface area contributed by atoms with Gasteiger partial charge in [0, 0.05) is 10.9 Å². The third-order valence-corrected chi connectivity index (χ3v) is 5.77. The molecule has 1 spiro atoms. The van der Waals surface area contributed by atoms with E-state index in [0.29, 0.717) is 19.0 Å². The topological polar surface area (TPSA) is 132 Å². The number of imidazole rings is 1. The van der Waals surface area contributed by atoms with Crippen molar-refractivity contribution in [1.82, 2.24) is 20.2 Å². The molecular weight excluding hydrogens is 494 g/mol. The molecule has 180 valence electrons. The molecule has 2 aliphatic rings. The molecular formula is C22H30BrN5O5. The van der Waals surface area contributed by atoms with Crippen molar-refractivity contribution in [3.63, 3.8) is 0 Å². The fraction of sp³-hybridized carbons (Fsp3) is 0.500. The quantitative estimate of drug-likeness (QED) is 0.561. The van der Waals surface area contributed by atoms with Gasteiger partial charge in [0.25, 0.3) is 0 Å². The zero-order chi connectivity index (χ0) is 24.1. The number of nitrogens with zero attached hydrogens (tertiary/aromatic N) is 2. The number of methoxy groups -OCH3 is 1. The van der Waals surface area contributed by atoms with Gasteiger partial charge in [-0.05, 0) is 17.7 Å². The lowest BCUT2D eigenvalue weighted by Gasteiger charge is -2.32. The van der Waals surface area contributed by atoms with E-state index in [-0.39, 0.29) is 19.5 Å². The highest BCUT2D eigenvalue weighted by atomic mass is 79.9. The molecule has 1 atom stereocenters. The molecule has 3 heterocycles. The summed E-state index contributed by atoms with van der Waals surface area (Å²) in [6.07, 6.45) is 2.42. The number of rotatable bonds is 4. The van der Waals surface area contributed by atoms with Crippen molar-refractivity contribution in [2.24, 2.45) is 5.73 Å². The van der Waals surface area contributed by atoms with Crippen LogP contribution in [0.25, 0.3) is 11.3 Å². The van der Waals surface area contributed by atoms with Crippen molar-refractivity contribution in [3.8, 4) is 11.3 Å². The Morgan fingerprint density at radius 2 is 1.91 bits per heavy atom. The van der Waals surface area contributed by atoms with E-state index in [9.17, 15) is 9.59 Å². The van der Waals surface area contributed by atoms with Crippen LogP contribution in [0.15, 0.2) is 34.9 Å². The lowest BCUT2D eigenvalue weighted by atomic mass is 10.0. The van der Waals surface area contributed by atoms with Crippen molar-refractivity contribution >= 4 is 27.9 Å². The Kier molecular flexibility index (Phi) is 8.11. The fourth-order valence-electron chi connectivity index (χ4n) is 3.79. The number of nitrogens with two attached hydrogens (primary N) is 1. The van der Waals surface area contributed by atoms with Crippen LogP contribution in [0.5, 0.6) is 0 Å². The maximum atomic E-state index is 12.9. The second-order valence-corrected chi connectivity index (χ2v) is 8.81. The lowest BCUT2D eigenvalue weighted by molar-refractivity contribution is -0.152. The van der Waals surface area contributed by atoms with Gasteiger partial charge in [-0.15, -0.1) is 0 Å². The largest absolute Gasteiger partial charge is 0.453 e. The van der Waals surface area contributed by atoms with Crippen LogP contribution in [0.1, 0.15) is 32.5 Å². The Bertz CT molecular complexity index is 960. The second-order valence-electron chi connectivity index (χ2n) is 7.89. The highest BCUT2D eigenvalue weighted by Gasteiger charge is 2.58. The van der Waals surface area contributed by atoms with Crippen LogP contribution in [-0.2, 0) is 24.7 Å². The van der Waals surface area contributed by atoms with Gasteiger partial charge in [0.1, 0.15) is 12.4 Å². The van der Waals surface area contributed by atoms with Gasteiger partial charge in [-0.3, -0.25) is 4.79 Å². The monoisotopic (exact) mass is 523 g/mol. The van der Waals surface area contributed by atoms with Gasteiger partial charge in [0.15, 0.2) is 11.4 Å². The molecule has 2 aliphatic heterocycles. The second kappa shape index (κ2) is 10.6. The summed E-state index contributed by atoms with van der Waals surface area (Å²) in [5, 5.41) is 2.39. The average molecular weight is 524 g/mol. The lowest BCUT2D eigenvalue weighted by Crippen LogP contribution is -2.54. The summed E-state index contributed by atoms with van der Waals surface area (Å²) in [5.74, 6) is -0.997. The number of ether oxygens (including phenoxy) is 3. The number of H-pyrrole nitrogens is 1. The normalized spacial score (nSPS) is 20.9. The molecule has 1 aromatic heterocycles. The number of alkyl carbamates (subject to hydrolysis) is 1. The number of likely N-dealkylation sites (tertiary alicyclic amines) is 1. The molecule has 11 heteroatoms. The van der Waals surface area contributed by atoms with Crippen molar-refractivity contribution in [2.75, 3.05) is 33.4 Å². The third-order valence-electron chi connectivity index (χ3n) is 5.24. The Balaban J connectivity index is 0.000000968. The van der Waals surface area contributed by atoms with E-state index in [1.807, 2.05) is 24.3 Å². The Labute approximate surface area is 201 Å². The minimum atomic E-state index is -1.30. The van der Waals surface area contributed by atoms with Gasteiger partial charge in [0.05, 0.1) is 38.8 Å². The predicted molar refractivity (Wildman–Crippen MR) is 125 cm³/mol. The summed E-state index contributed by atoms with van der Waals surface area (Å²) in [6, 6.07) is 7.72. The van der Waals surface area contributed by atoms with Crippen molar-refractivity contribution < 1.29 is 23.8 Å². The number of aromatic amines is 1. The molecule has 0 radical (unpaired) electrons. The first-order valence-corrected chi connectivity index (χ1v) is 11.6. The summed E-state index contributed by atoms with van der Waals surface area (Å²) in [5.41, 5.74) is 7.12. The summed E-state index contributed by atoms with van der Waals surface area (Å²) < 4.78 is 17.1. The van der Waals surface area contributed by atoms with Gasteiger partial charge >= 0.3 is 6.09 Å². The van der Waals surface area contributed by atoms with Crippen LogP contribution in [0.4, 0.5) is 4.79 Å². The Morgan fingerprint density at radius 1 is 1.27 bits per heavy atom. The summed E-state index contributed by atoms with van der Waals surface area (Å²) >= 11 is 3.42. The van der Waals surface area contributed by atoms with Gasteiger partial charge in [-0.25, -0.2) is 9.78 Å². The molecule has 4 rings (SSSR count). The predicted octanol–water partition coefficient (Wildman–Crippen LogP) is 2.70. The maximum Gasteiger partial charge on any atom is 0.407 e. The standard InChI is InChI=1S/C19H22BrN5O5.C3H8/c1-28-17(27)23-9-15(26)25-11-18(29-6-7-30-18)10-19(25,21)16-22-8-14(24-16)12-2-4-13(20)5-3-12;1-3-2/h2-5,8H,6-7,9-11,21H2,1H3,(H,22,24)(H,23,27);3H2,1-2H3. The Morgan fingerprint density at radius 3 is 2.52 bits per heavy atom. The highest BCUT2D eigenvalue weighted by Crippen LogP contribution is 2.43. The Hall–Kier alpha value is -2.47. The van der Waals surface area contributed by atoms with Crippen LogP contribution < -0.4 is 11.1 Å². The molecule has 0 aliphatic carbocycles. The van der Waals surface area contributed by atoms with E-state index in [1.54, 1.807) is 6.20 Å². The number of amides is 2. The summed E-state index contributed by atoms with van der Waals surface area (Å²) in [4.78, 5) is 33.4. The number of aromatic nitrogens is 2. The minimum absolute atomic E-state index is 0.125. The van der Waals surface area contributed by atoms with Crippen LogP contribution >= 0.6 is 15.9 Å². The average Bonchev–Trinajstić information content (AvgIpc) is 3.53. The van der Waals surface area contributed by atoms with E-state index in [1.165, 1.54) is 18.4 Å². The minimum Gasteiger partial charge on any atom is -0.453 e. The van der Waals surface area contributed by atoms with Gasteiger partial charge in [-0.2, -0.15) is 0 Å². The molecule has 1 aromatic carbocycles. The van der Waals surface area contributed by atoms with Gasteiger partial charge < -0.3 is 35.1 Å². The SMILES string of the molecule is CCC.COC(=O)NCC(=O)N1CC2(CC1(N)c1ncc(-c3ccc(Br)cc3)[nH]1)OCCO2. The smallest absolute Gasteiger partial charge is 0.407 e. The number of carbonyl (C=O) groups is 2. The highest BCUT2D eigenvalue weighted by molar-refractivity contribution is 9.10. The number of carbonyl (C=O) groups excluding carboxylic acids is 2. The van der Waals surface area contributed by atoms with E-state index >= 15 is 0 Å². The molecule has 0 bridgehead atoms. The maximum absolute atomic E-state index is 12.9. The summed E-state index contributed by atoms with van der Waals surface area (Å²) in [6.45, 7) is 4.93. The van der Waals surface area contributed by atoms with Crippen LogP contribution in [0.2, 0.25) is 0 Å². The van der Waals surface area contributed by atoms with E-state index in [2.05, 4.69) is 49.8 Å². The number of benzene rings is 1. The molecule has 2 saturated heterocycles. The van der Waals surface area contributed by atoms with Gasteiger partial charge in [0.2, 0.25) is 5.91 Å². The summed E-state index contributed by atoms with van der Waals surface area (Å²) in [7, 11) is 1.23. The number of hydrogen-bond donors (Lipinski definition) is 3. The fourth-order valence-corrected chi connectivity index (χ4v) is 4.05. The number of halogens is 1. The van der Waals surface area contributed by atoms with Crippen LogP contribution in [0, 0.1) is 0 Å². The van der Waals surface area contributed by atoms with Crippen molar-refractivity contribution in [3.05, 3.63) is 40.8 Å².